The largest absolute Gasteiger partial charge is 0.467 e. The van der Waals surface area contributed by atoms with E-state index in [4.69, 9.17) is 0 Å². The smallest absolute Gasteiger partial charge is 0.328 e. The van der Waals surface area contributed by atoms with Gasteiger partial charge in [0.1, 0.15) is 11.7 Å². The molecule has 1 N–H and O–H groups in total. The maximum atomic E-state index is 12.2. The van der Waals surface area contributed by atoms with E-state index in [0.29, 0.717) is 5.69 Å². The fourth-order valence-corrected chi connectivity index (χ4v) is 2.55. The summed E-state index contributed by atoms with van der Waals surface area (Å²) in [6.45, 7) is 3.51. The van der Waals surface area contributed by atoms with Crippen molar-refractivity contribution in [2.75, 3.05) is 7.11 Å². The summed E-state index contributed by atoms with van der Waals surface area (Å²) in [5, 5.41) is 5.52. The predicted octanol–water partition coefficient (Wildman–Crippen LogP) is 1.75. The second-order valence-corrected chi connectivity index (χ2v) is 5.76. The summed E-state index contributed by atoms with van der Waals surface area (Å²) in [6, 6.07) is 1.07. The number of esters is 1. The summed E-state index contributed by atoms with van der Waals surface area (Å²) in [7, 11) is 3.07. The van der Waals surface area contributed by atoms with E-state index in [2.05, 4.69) is 15.0 Å². The highest BCUT2D eigenvalue weighted by molar-refractivity contribution is 7.09. The molecule has 0 aliphatic rings. The normalized spacial score (nSPS) is 12.0. The Kier molecular flexibility index (Phi) is 4.42. The maximum Gasteiger partial charge on any atom is 0.328 e. The Labute approximate surface area is 126 Å². The zero-order valence-electron chi connectivity index (χ0n) is 12.3. The molecule has 0 saturated heterocycles. The van der Waals surface area contributed by atoms with Crippen LogP contribution >= 0.6 is 11.3 Å². The molecule has 0 aromatic carbocycles. The van der Waals surface area contributed by atoms with Gasteiger partial charge in [-0.2, -0.15) is 0 Å². The summed E-state index contributed by atoms with van der Waals surface area (Å²) in [4.78, 5) is 27.9. The number of nitrogens with one attached hydrogen (secondary N) is 1. The molecule has 6 nitrogen and oxygen atoms in total. The molecule has 7 heteroatoms. The van der Waals surface area contributed by atoms with Crippen molar-refractivity contribution in [2.45, 2.75) is 19.9 Å². The molecular weight excluding hydrogens is 290 g/mol. The maximum absolute atomic E-state index is 12.2. The molecule has 1 atom stereocenters. The average Bonchev–Trinajstić information content (AvgIpc) is 3.03. The fourth-order valence-electron chi connectivity index (χ4n) is 1.93. The molecule has 2 heterocycles. The molecule has 2 aromatic rings. The van der Waals surface area contributed by atoms with Crippen LogP contribution in [0.2, 0.25) is 0 Å². The summed E-state index contributed by atoms with van der Waals surface area (Å²) in [5.74, 6) is -0.804. The van der Waals surface area contributed by atoms with E-state index in [-0.39, 0.29) is 5.91 Å². The molecule has 1 unspecified atom stereocenters. The lowest BCUT2D eigenvalue weighted by molar-refractivity contribution is -0.142. The van der Waals surface area contributed by atoms with Crippen LogP contribution in [0.4, 0.5) is 0 Å². The molecule has 112 valence electrons. The first-order valence-electron chi connectivity index (χ1n) is 6.40. The van der Waals surface area contributed by atoms with E-state index in [1.165, 1.54) is 7.11 Å². The summed E-state index contributed by atoms with van der Waals surface area (Å²) >= 11 is 1.56. The molecule has 0 saturated carbocycles. The highest BCUT2D eigenvalue weighted by Gasteiger charge is 2.19. The van der Waals surface area contributed by atoms with Crippen LogP contribution in [-0.4, -0.2) is 34.6 Å². The van der Waals surface area contributed by atoms with Crippen LogP contribution in [0.15, 0.2) is 17.6 Å². The fraction of sp³-hybridized carbons (Fsp3) is 0.357. The minimum atomic E-state index is -0.692. The van der Waals surface area contributed by atoms with Crippen LogP contribution in [0.1, 0.15) is 22.4 Å². The van der Waals surface area contributed by atoms with Gasteiger partial charge in [-0.05, 0) is 19.9 Å². The summed E-state index contributed by atoms with van der Waals surface area (Å²) < 4.78 is 6.30. The second-order valence-electron chi connectivity index (χ2n) is 4.69. The first-order chi connectivity index (χ1) is 9.92. The van der Waals surface area contributed by atoms with Gasteiger partial charge in [-0.3, -0.25) is 4.79 Å². The van der Waals surface area contributed by atoms with Crippen molar-refractivity contribution in [1.29, 1.82) is 0 Å². The van der Waals surface area contributed by atoms with E-state index in [0.717, 1.165) is 16.3 Å². The number of thiazole rings is 1. The van der Waals surface area contributed by atoms with Crippen LogP contribution in [0.3, 0.4) is 0 Å². The van der Waals surface area contributed by atoms with Crippen LogP contribution in [0.25, 0.3) is 11.3 Å². The van der Waals surface area contributed by atoms with Crippen LogP contribution in [0, 0.1) is 6.92 Å². The molecular formula is C14H17N3O3S. The first-order valence-corrected chi connectivity index (χ1v) is 7.28. The van der Waals surface area contributed by atoms with Gasteiger partial charge in [0.15, 0.2) is 0 Å². The Bertz CT molecular complexity index is 675. The van der Waals surface area contributed by atoms with Crippen molar-refractivity contribution < 1.29 is 14.3 Å². The first kappa shape index (κ1) is 15.2. The van der Waals surface area contributed by atoms with Gasteiger partial charge in [-0.1, -0.05) is 0 Å². The van der Waals surface area contributed by atoms with Gasteiger partial charge >= 0.3 is 5.97 Å². The molecule has 2 aromatic heterocycles. The van der Waals surface area contributed by atoms with Crippen molar-refractivity contribution in [1.82, 2.24) is 14.9 Å². The van der Waals surface area contributed by atoms with Gasteiger partial charge in [-0.15, -0.1) is 11.3 Å². The SMILES string of the molecule is COC(=O)C(C)NC(=O)c1cc(-c2csc(C)n2)cn1C. The zero-order valence-corrected chi connectivity index (χ0v) is 13.2. The van der Waals surface area contributed by atoms with E-state index >= 15 is 0 Å². The van der Waals surface area contributed by atoms with E-state index in [9.17, 15) is 9.59 Å². The number of carbonyl (C=O) groups excluding carboxylic acids is 2. The Morgan fingerprint density at radius 2 is 2.19 bits per heavy atom. The summed E-state index contributed by atoms with van der Waals surface area (Å²) in [5.41, 5.74) is 2.18. The minimum Gasteiger partial charge on any atom is -0.467 e. The van der Waals surface area contributed by atoms with Gasteiger partial charge in [0, 0.05) is 24.2 Å². The van der Waals surface area contributed by atoms with Gasteiger partial charge in [0.05, 0.1) is 17.8 Å². The van der Waals surface area contributed by atoms with Gasteiger partial charge in [0.2, 0.25) is 0 Å². The predicted molar refractivity (Wildman–Crippen MR) is 80.2 cm³/mol. The lowest BCUT2D eigenvalue weighted by Gasteiger charge is -2.11. The third-order valence-electron chi connectivity index (χ3n) is 3.05. The average molecular weight is 307 g/mol. The van der Waals surface area contributed by atoms with Crippen LogP contribution in [0.5, 0.6) is 0 Å². The monoisotopic (exact) mass is 307 g/mol. The minimum absolute atomic E-state index is 0.325. The Morgan fingerprint density at radius 3 is 2.76 bits per heavy atom. The number of methoxy groups -OCH3 is 1. The van der Waals surface area contributed by atoms with Crippen molar-refractivity contribution in [3.63, 3.8) is 0 Å². The third kappa shape index (κ3) is 3.30. The van der Waals surface area contributed by atoms with E-state index in [1.807, 2.05) is 18.5 Å². The second kappa shape index (κ2) is 6.09. The number of aromatic nitrogens is 2. The van der Waals surface area contributed by atoms with Crippen molar-refractivity contribution in [2.24, 2.45) is 7.05 Å². The van der Waals surface area contributed by atoms with Crippen molar-refractivity contribution >= 4 is 23.2 Å². The number of rotatable bonds is 4. The Hall–Kier alpha value is -2.15. The van der Waals surface area contributed by atoms with Crippen molar-refractivity contribution in [3.05, 3.63) is 28.3 Å². The van der Waals surface area contributed by atoms with Crippen molar-refractivity contribution in [3.8, 4) is 11.3 Å². The van der Waals surface area contributed by atoms with Gasteiger partial charge < -0.3 is 14.6 Å². The highest BCUT2D eigenvalue weighted by atomic mass is 32.1. The van der Waals surface area contributed by atoms with E-state index < -0.39 is 12.0 Å². The lowest BCUT2D eigenvalue weighted by atomic mass is 10.2. The number of aryl methyl sites for hydroxylation is 2. The molecule has 0 bridgehead atoms. The topological polar surface area (TPSA) is 73.2 Å². The zero-order chi connectivity index (χ0) is 15.6. The quantitative estimate of drug-likeness (QED) is 0.873. The highest BCUT2D eigenvalue weighted by Crippen LogP contribution is 2.23. The molecule has 0 aliphatic heterocycles. The Morgan fingerprint density at radius 1 is 1.48 bits per heavy atom. The molecule has 0 spiro atoms. The number of carbonyl (C=O) groups is 2. The lowest BCUT2D eigenvalue weighted by Crippen LogP contribution is -2.39. The molecule has 0 aliphatic carbocycles. The molecule has 2 rings (SSSR count). The number of nitrogens with zero attached hydrogens (tertiary/aromatic N) is 2. The number of amides is 1. The van der Waals surface area contributed by atoms with Crippen LogP contribution < -0.4 is 5.32 Å². The number of hydrogen-bond donors (Lipinski definition) is 1. The van der Waals surface area contributed by atoms with Gasteiger partial charge in [0.25, 0.3) is 5.91 Å². The molecule has 0 fully saturated rings. The third-order valence-corrected chi connectivity index (χ3v) is 3.83. The standard InChI is InChI=1S/C14H17N3O3S/c1-8(14(19)20-4)15-13(18)12-5-10(6-17(12)3)11-7-21-9(2)16-11/h5-8H,1-4H3,(H,15,18). The van der Waals surface area contributed by atoms with E-state index in [1.54, 1.807) is 35.9 Å². The molecule has 1 amide bonds. The molecule has 21 heavy (non-hydrogen) atoms. The van der Waals surface area contributed by atoms with Crippen LogP contribution in [-0.2, 0) is 16.6 Å². The number of ether oxygens (including phenoxy) is 1. The Balaban J connectivity index is 2.19. The number of hydrogen-bond acceptors (Lipinski definition) is 5. The van der Waals surface area contributed by atoms with Gasteiger partial charge in [-0.25, -0.2) is 9.78 Å². The summed E-state index contributed by atoms with van der Waals surface area (Å²) in [6.07, 6.45) is 1.84. The molecule has 0 radical (unpaired) electrons.